The number of hydrogen-bond donors (Lipinski definition) is 2. The third kappa shape index (κ3) is 3.81. The van der Waals surface area contributed by atoms with Crippen LogP contribution >= 0.6 is 0 Å². The number of methoxy groups -OCH3 is 1. The van der Waals surface area contributed by atoms with Crippen molar-refractivity contribution in [2.24, 2.45) is 13.0 Å². The molecular weight excluding hydrogens is 489 g/mol. The zero-order valence-electron chi connectivity index (χ0n) is 21.4. The van der Waals surface area contributed by atoms with E-state index in [4.69, 9.17) is 9.72 Å². The Hall–Kier alpha value is -4.25. The van der Waals surface area contributed by atoms with Gasteiger partial charge in [0.1, 0.15) is 28.3 Å². The molecule has 0 radical (unpaired) electrons. The lowest BCUT2D eigenvalue weighted by atomic mass is 9.84. The van der Waals surface area contributed by atoms with Crippen LogP contribution in [0.25, 0.3) is 16.7 Å². The maximum absolute atomic E-state index is 14.7. The normalized spacial score (nSPS) is 18.7. The van der Waals surface area contributed by atoms with Crippen LogP contribution in [0.4, 0.5) is 15.8 Å². The highest BCUT2D eigenvalue weighted by atomic mass is 19.1. The predicted molar refractivity (Wildman–Crippen MR) is 142 cm³/mol. The molecule has 0 saturated carbocycles. The Balaban J connectivity index is 1.40. The summed E-state index contributed by atoms with van der Waals surface area (Å²) in [5, 5.41) is 10.4. The fourth-order valence-electron chi connectivity index (χ4n) is 5.40. The SMILES string of the molecule is COc1cccc(F)c1-n1nccc(C(=O)Nc2ccc3c(nc(C)n3C)c2N2CCC3CNC3C2)c1=O. The van der Waals surface area contributed by atoms with Crippen LogP contribution in [0.1, 0.15) is 22.6 Å². The van der Waals surface area contributed by atoms with Crippen LogP contribution in [0.3, 0.4) is 0 Å². The number of piperidine rings is 1. The number of imidazole rings is 1. The minimum atomic E-state index is -0.760. The van der Waals surface area contributed by atoms with Crippen LogP contribution in [-0.4, -0.2) is 58.0 Å². The monoisotopic (exact) mass is 517 g/mol. The minimum Gasteiger partial charge on any atom is -0.494 e. The van der Waals surface area contributed by atoms with E-state index >= 15 is 0 Å². The van der Waals surface area contributed by atoms with Crippen LogP contribution in [-0.2, 0) is 7.05 Å². The predicted octanol–water partition coefficient (Wildman–Crippen LogP) is 2.63. The molecule has 2 aliphatic heterocycles. The van der Waals surface area contributed by atoms with Crippen molar-refractivity contribution >= 4 is 28.3 Å². The zero-order chi connectivity index (χ0) is 26.6. The van der Waals surface area contributed by atoms with Crippen LogP contribution in [0, 0.1) is 18.7 Å². The molecule has 11 heteroatoms. The largest absolute Gasteiger partial charge is 0.494 e. The quantitative estimate of drug-likeness (QED) is 0.419. The average Bonchev–Trinajstić information content (AvgIpc) is 3.18. The summed E-state index contributed by atoms with van der Waals surface area (Å²) in [6.45, 7) is 4.63. The number of ether oxygens (including phenoxy) is 1. The zero-order valence-corrected chi connectivity index (χ0v) is 21.4. The van der Waals surface area contributed by atoms with Crippen LogP contribution in [0.5, 0.6) is 5.75 Å². The van der Waals surface area contributed by atoms with Gasteiger partial charge in [0.25, 0.3) is 11.5 Å². The highest BCUT2D eigenvalue weighted by Gasteiger charge is 2.37. The topological polar surface area (TPSA) is 106 Å². The number of para-hydroxylation sites is 1. The molecular formula is C27H28FN7O3. The number of aryl methyl sites for hydroxylation is 2. The summed E-state index contributed by atoms with van der Waals surface area (Å²) in [6.07, 6.45) is 2.34. The Morgan fingerprint density at radius 3 is 2.79 bits per heavy atom. The number of fused-ring (bicyclic) bond motifs is 2. The van der Waals surface area contributed by atoms with Crippen LogP contribution < -0.4 is 25.8 Å². The van der Waals surface area contributed by atoms with Gasteiger partial charge < -0.3 is 24.8 Å². The molecule has 2 aromatic heterocycles. The molecule has 38 heavy (non-hydrogen) atoms. The van der Waals surface area contributed by atoms with Crippen molar-refractivity contribution < 1.29 is 13.9 Å². The van der Waals surface area contributed by atoms with E-state index in [0.717, 1.165) is 53.3 Å². The molecule has 1 amide bonds. The standard InChI is InChI=1S/C27H28FN7O3/c1-15-31-23-21(33(15)2)8-7-19(25(23)34-12-10-16-13-29-20(16)14-34)32-26(36)17-9-11-30-35(27(17)37)24-18(28)5-4-6-22(24)38-3/h4-9,11,16,20,29H,10,12-14H2,1-3H3,(H,32,36). The number of anilines is 2. The van der Waals surface area contributed by atoms with E-state index in [1.807, 2.05) is 30.7 Å². The van der Waals surface area contributed by atoms with Crippen LogP contribution in [0.15, 0.2) is 47.4 Å². The van der Waals surface area contributed by atoms with Gasteiger partial charge in [0.2, 0.25) is 0 Å². The van der Waals surface area contributed by atoms with Gasteiger partial charge in [-0.25, -0.2) is 9.37 Å². The number of nitrogens with zero attached hydrogens (tertiary/aromatic N) is 5. The van der Waals surface area contributed by atoms with E-state index in [9.17, 15) is 14.0 Å². The van der Waals surface area contributed by atoms with Gasteiger partial charge in [-0.2, -0.15) is 9.78 Å². The highest BCUT2D eigenvalue weighted by Crippen LogP contribution is 2.38. The molecule has 2 saturated heterocycles. The van der Waals surface area contributed by atoms with Crippen molar-refractivity contribution in [3.05, 3.63) is 70.2 Å². The maximum Gasteiger partial charge on any atom is 0.284 e. The highest BCUT2D eigenvalue weighted by molar-refractivity contribution is 6.09. The smallest absolute Gasteiger partial charge is 0.284 e. The second-order valence-corrected chi connectivity index (χ2v) is 9.76. The van der Waals surface area contributed by atoms with Gasteiger partial charge in [0.05, 0.1) is 24.0 Å². The third-order valence-corrected chi connectivity index (χ3v) is 7.69. The molecule has 0 spiro atoms. The van der Waals surface area contributed by atoms with Crippen molar-refractivity contribution in [1.82, 2.24) is 24.6 Å². The van der Waals surface area contributed by atoms with E-state index in [2.05, 4.69) is 20.6 Å². The fourth-order valence-corrected chi connectivity index (χ4v) is 5.40. The molecule has 196 valence electrons. The Bertz CT molecular complexity index is 1630. The van der Waals surface area contributed by atoms with E-state index in [0.29, 0.717) is 17.6 Å². The van der Waals surface area contributed by atoms with Crippen molar-refractivity contribution in [3.63, 3.8) is 0 Å². The van der Waals surface area contributed by atoms with E-state index < -0.39 is 17.3 Å². The van der Waals surface area contributed by atoms with Gasteiger partial charge in [-0.15, -0.1) is 0 Å². The molecule has 6 rings (SSSR count). The molecule has 2 N–H and O–H groups in total. The Labute approximate surface area is 218 Å². The lowest BCUT2D eigenvalue weighted by molar-refractivity contribution is 0.102. The van der Waals surface area contributed by atoms with Crippen molar-refractivity contribution in [2.45, 2.75) is 19.4 Å². The summed E-state index contributed by atoms with van der Waals surface area (Å²) in [4.78, 5) is 33.9. The number of nitrogens with one attached hydrogen (secondary N) is 2. The molecule has 10 nitrogen and oxygen atoms in total. The number of benzene rings is 2. The van der Waals surface area contributed by atoms with Gasteiger partial charge in [0.15, 0.2) is 5.82 Å². The van der Waals surface area contributed by atoms with E-state index in [-0.39, 0.29) is 17.0 Å². The Morgan fingerprint density at radius 1 is 1.21 bits per heavy atom. The lowest BCUT2D eigenvalue weighted by Crippen LogP contribution is -2.62. The summed E-state index contributed by atoms with van der Waals surface area (Å²) in [5.74, 6) is 0.342. The lowest BCUT2D eigenvalue weighted by Gasteiger charge is -2.47. The molecule has 0 bridgehead atoms. The molecule has 2 aliphatic rings. The fraction of sp³-hybridized carbons (Fsp3) is 0.333. The van der Waals surface area contributed by atoms with Gasteiger partial charge in [0, 0.05) is 32.4 Å². The van der Waals surface area contributed by atoms with Crippen molar-refractivity contribution in [1.29, 1.82) is 0 Å². The number of carbonyl (C=O) groups excluding carboxylic acids is 1. The van der Waals surface area contributed by atoms with E-state index in [1.165, 1.54) is 37.6 Å². The first-order valence-electron chi connectivity index (χ1n) is 12.5. The number of aromatic nitrogens is 4. The Kier molecular flexibility index (Phi) is 5.87. The van der Waals surface area contributed by atoms with E-state index in [1.54, 1.807) is 0 Å². The number of rotatable bonds is 5. The number of carbonyl (C=O) groups is 1. The second-order valence-electron chi connectivity index (χ2n) is 9.76. The van der Waals surface area contributed by atoms with Gasteiger partial charge in [-0.1, -0.05) is 6.07 Å². The summed E-state index contributed by atoms with van der Waals surface area (Å²) in [6, 6.07) is 9.68. The van der Waals surface area contributed by atoms with Crippen LogP contribution in [0.2, 0.25) is 0 Å². The molecule has 2 fully saturated rings. The number of amides is 1. The van der Waals surface area contributed by atoms with Gasteiger partial charge in [-0.05, 0) is 56.1 Å². The average molecular weight is 518 g/mol. The van der Waals surface area contributed by atoms with Gasteiger partial charge >= 0.3 is 0 Å². The first kappa shape index (κ1) is 24.1. The number of halogens is 1. The molecule has 2 aromatic carbocycles. The molecule has 2 atom stereocenters. The summed E-state index contributed by atoms with van der Waals surface area (Å²) in [7, 11) is 3.33. The third-order valence-electron chi connectivity index (χ3n) is 7.69. The second kappa shape index (κ2) is 9.25. The summed E-state index contributed by atoms with van der Waals surface area (Å²) < 4.78 is 22.8. The molecule has 0 aliphatic carbocycles. The summed E-state index contributed by atoms with van der Waals surface area (Å²) >= 11 is 0. The number of hydrogen-bond acceptors (Lipinski definition) is 7. The first-order valence-corrected chi connectivity index (χ1v) is 12.5. The van der Waals surface area contributed by atoms with Crippen molar-refractivity contribution in [2.75, 3.05) is 37.0 Å². The van der Waals surface area contributed by atoms with Gasteiger partial charge in [-0.3, -0.25) is 9.59 Å². The maximum atomic E-state index is 14.7. The molecule has 2 unspecified atom stereocenters. The molecule has 4 heterocycles. The summed E-state index contributed by atoms with van der Waals surface area (Å²) in [5.41, 5.74) is 2.05. The minimum absolute atomic E-state index is 0.128. The van der Waals surface area contributed by atoms with Crippen molar-refractivity contribution in [3.8, 4) is 11.4 Å². The molecule has 4 aromatic rings. The first-order chi connectivity index (χ1) is 18.4. The Morgan fingerprint density at radius 2 is 2.05 bits per heavy atom.